The average molecular weight is 271 g/mol. The maximum atomic E-state index is 13.4. The van der Waals surface area contributed by atoms with Crippen LogP contribution in [-0.2, 0) is 0 Å². The lowest BCUT2D eigenvalue weighted by molar-refractivity contribution is -0.387. The molecular formula is C11H11F2N3O3. The van der Waals surface area contributed by atoms with Gasteiger partial charge in [-0.1, -0.05) is 0 Å². The van der Waals surface area contributed by atoms with Gasteiger partial charge in [-0.25, -0.2) is 4.39 Å². The summed E-state index contributed by atoms with van der Waals surface area (Å²) in [6.07, 6.45) is 0.0988. The standard InChI is InChI=1S/C11H11F2N3O3/c1-11(15,6-14)2-3-19-10-5-7(12)9(16(17)18)4-8(10)13/h4-5H,2-3,15H2,1H3. The molecule has 0 saturated heterocycles. The van der Waals surface area contributed by atoms with E-state index in [1.165, 1.54) is 6.92 Å². The molecule has 0 saturated carbocycles. The first-order valence-electron chi connectivity index (χ1n) is 5.23. The molecule has 19 heavy (non-hydrogen) atoms. The van der Waals surface area contributed by atoms with Crippen LogP contribution >= 0.6 is 0 Å². The van der Waals surface area contributed by atoms with Crippen molar-refractivity contribution in [2.75, 3.05) is 6.61 Å². The van der Waals surface area contributed by atoms with Gasteiger partial charge in [0, 0.05) is 12.5 Å². The second-order valence-electron chi connectivity index (χ2n) is 4.12. The third kappa shape index (κ3) is 3.86. The molecule has 0 radical (unpaired) electrons. The van der Waals surface area contributed by atoms with Crippen molar-refractivity contribution in [3.05, 3.63) is 33.9 Å². The summed E-state index contributed by atoms with van der Waals surface area (Å²) >= 11 is 0. The van der Waals surface area contributed by atoms with Crippen LogP contribution < -0.4 is 10.5 Å². The molecule has 1 unspecified atom stereocenters. The first-order chi connectivity index (χ1) is 8.76. The van der Waals surface area contributed by atoms with Gasteiger partial charge >= 0.3 is 5.69 Å². The Morgan fingerprint density at radius 2 is 2.16 bits per heavy atom. The molecule has 0 bridgehead atoms. The van der Waals surface area contributed by atoms with Crippen LogP contribution in [0.25, 0.3) is 0 Å². The molecule has 102 valence electrons. The summed E-state index contributed by atoms with van der Waals surface area (Å²) in [4.78, 5) is 9.34. The quantitative estimate of drug-likeness (QED) is 0.650. The van der Waals surface area contributed by atoms with Gasteiger partial charge < -0.3 is 10.5 Å². The molecule has 1 atom stereocenters. The highest BCUT2D eigenvalue weighted by molar-refractivity contribution is 5.39. The number of rotatable bonds is 5. The predicted molar refractivity (Wildman–Crippen MR) is 61.3 cm³/mol. The van der Waals surface area contributed by atoms with Crippen LogP contribution in [0.3, 0.4) is 0 Å². The largest absolute Gasteiger partial charge is 0.490 e. The number of nitrogens with two attached hydrogens (primary N) is 1. The molecular weight excluding hydrogens is 260 g/mol. The van der Waals surface area contributed by atoms with Crippen molar-refractivity contribution >= 4 is 5.69 Å². The summed E-state index contributed by atoms with van der Waals surface area (Å²) in [5, 5.41) is 19.0. The third-order valence-electron chi connectivity index (χ3n) is 2.33. The molecule has 8 heteroatoms. The summed E-state index contributed by atoms with van der Waals surface area (Å²) in [5.41, 5.74) is 3.40. The number of nitrogens with zero attached hydrogens (tertiary/aromatic N) is 2. The van der Waals surface area contributed by atoms with Crippen LogP contribution in [0.4, 0.5) is 14.5 Å². The van der Waals surface area contributed by atoms with E-state index in [4.69, 9.17) is 15.7 Å². The summed E-state index contributed by atoms with van der Waals surface area (Å²) < 4.78 is 31.6. The van der Waals surface area contributed by atoms with Gasteiger partial charge in [-0.05, 0) is 6.92 Å². The minimum atomic E-state index is -1.20. The van der Waals surface area contributed by atoms with Crippen molar-refractivity contribution < 1.29 is 18.4 Å². The van der Waals surface area contributed by atoms with Crippen LogP contribution in [0.1, 0.15) is 13.3 Å². The van der Waals surface area contributed by atoms with Crippen molar-refractivity contribution in [1.82, 2.24) is 0 Å². The van der Waals surface area contributed by atoms with Crippen LogP contribution in [0, 0.1) is 33.1 Å². The molecule has 2 N–H and O–H groups in total. The highest BCUT2D eigenvalue weighted by Crippen LogP contribution is 2.26. The molecule has 6 nitrogen and oxygen atoms in total. The zero-order valence-electron chi connectivity index (χ0n) is 10.0. The smallest absolute Gasteiger partial charge is 0.307 e. The maximum absolute atomic E-state index is 13.4. The monoisotopic (exact) mass is 271 g/mol. The fraction of sp³-hybridized carbons (Fsp3) is 0.364. The number of nitro groups is 1. The Morgan fingerprint density at radius 1 is 1.53 bits per heavy atom. The van der Waals surface area contributed by atoms with Gasteiger partial charge in [-0.2, -0.15) is 9.65 Å². The van der Waals surface area contributed by atoms with Gasteiger partial charge in [0.2, 0.25) is 5.82 Å². The zero-order valence-corrected chi connectivity index (χ0v) is 10.0. The average Bonchev–Trinajstić information content (AvgIpc) is 2.32. The van der Waals surface area contributed by atoms with E-state index >= 15 is 0 Å². The normalized spacial score (nSPS) is 13.4. The molecule has 0 amide bonds. The van der Waals surface area contributed by atoms with Crippen molar-refractivity contribution in [3.63, 3.8) is 0 Å². The Balaban J connectivity index is 2.79. The molecule has 0 fully saturated rings. The Labute approximate surface area is 107 Å². The minimum Gasteiger partial charge on any atom is -0.490 e. The van der Waals surface area contributed by atoms with E-state index < -0.39 is 33.5 Å². The summed E-state index contributed by atoms with van der Waals surface area (Å²) in [6.45, 7) is 1.35. The number of hydrogen-bond donors (Lipinski definition) is 1. The van der Waals surface area contributed by atoms with E-state index in [1.54, 1.807) is 0 Å². The molecule has 1 rings (SSSR count). The van der Waals surface area contributed by atoms with Gasteiger partial charge in [-0.3, -0.25) is 10.1 Å². The summed E-state index contributed by atoms with van der Waals surface area (Å²) in [6, 6.07) is 2.85. The fourth-order valence-electron chi connectivity index (χ4n) is 1.20. The van der Waals surface area contributed by atoms with E-state index in [0.717, 1.165) is 0 Å². The number of nitriles is 1. The Morgan fingerprint density at radius 3 is 2.68 bits per heavy atom. The SMILES string of the molecule is CC(N)(C#N)CCOc1cc(F)c([N+](=O)[O-])cc1F. The molecule has 0 aliphatic carbocycles. The molecule has 0 aliphatic heterocycles. The molecule has 0 aromatic heterocycles. The van der Waals surface area contributed by atoms with Crippen molar-refractivity contribution in [1.29, 1.82) is 5.26 Å². The maximum Gasteiger partial charge on any atom is 0.307 e. The predicted octanol–water partition coefficient (Wildman–Crippen LogP) is 1.88. The Bertz CT molecular complexity index is 541. The second-order valence-corrected chi connectivity index (χ2v) is 4.12. The zero-order chi connectivity index (χ0) is 14.6. The lowest BCUT2D eigenvalue weighted by Gasteiger charge is -2.15. The van der Waals surface area contributed by atoms with Crippen molar-refractivity contribution in [3.8, 4) is 11.8 Å². The van der Waals surface area contributed by atoms with Gasteiger partial charge in [0.05, 0.1) is 23.7 Å². The van der Waals surface area contributed by atoms with E-state index in [0.29, 0.717) is 12.1 Å². The van der Waals surface area contributed by atoms with Crippen LogP contribution in [-0.4, -0.2) is 17.1 Å². The van der Waals surface area contributed by atoms with E-state index in [9.17, 15) is 18.9 Å². The van der Waals surface area contributed by atoms with E-state index in [1.807, 2.05) is 6.07 Å². The number of halogens is 2. The van der Waals surface area contributed by atoms with Crippen LogP contribution in [0.5, 0.6) is 5.75 Å². The highest BCUT2D eigenvalue weighted by Gasteiger charge is 2.21. The topological polar surface area (TPSA) is 102 Å². The lowest BCUT2D eigenvalue weighted by Crippen LogP contribution is -2.35. The Hall–Kier alpha value is -2.27. The van der Waals surface area contributed by atoms with Crippen molar-refractivity contribution in [2.45, 2.75) is 18.9 Å². The lowest BCUT2D eigenvalue weighted by atomic mass is 10.0. The summed E-state index contributed by atoms with van der Waals surface area (Å²) in [7, 11) is 0. The number of benzene rings is 1. The molecule has 0 spiro atoms. The van der Waals surface area contributed by atoms with E-state index in [2.05, 4.69) is 0 Å². The summed E-state index contributed by atoms with van der Waals surface area (Å²) in [5.74, 6) is -2.71. The fourth-order valence-corrected chi connectivity index (χ4v) is 1.20. The number of ether oxygens (including phenoxy) is 1. The number of nitro benzene ring substituents is 1. The van der Waals surface area contributed by atoms with Gasteiger partial charge in [-0.15, -0.1) is 0 Å². The first kappa shape index (κ1) is 14.8. The second kappa shape index (κ2) is 5.58. The highest BCUT2D eigenvalue weighted by atomic mass is 19.1. The van der Waals surface area contributed by atoms with Gasteiger partial charge in [0.1, 0.15) is 5.54 Å². The van der Waals surface area contributed by atoms with Crippen LogP contribution in [0.15, 0.2) is 12.1 Å². The molecule has 1 aromatic rings. The van der Waals surface area contributed by atoms with Gasteiger partial charge in [0.15, 0.2) is 11.6 Å². The minimum absolute atomic E-state index is 0.0988. The van der Waals surface area contributed by atoms with Gasteiger partial charge in [0.25, 0.3) is 0 Å². The van der Waals surface area contributed by atoms with Crippen molar-refractivity contribution in [2.24, 2.45) is 5.73 Å². The Kier molecular flexibility index (Phi) is 4.34. The third-order valence-corrected chi connectivity index (χ3v) is 2.33. The first-order valence-corrected chi connectivity index (χ1v) is 5.23. The van der Waals surface area contributed by atoms with E-state index in [-0.39, 0.29) is 13.0 Å². The number of hydrogen-bond acceptors (Lipinski definition) is 5. The molecule has 0 aliphatic rings. The van der Waals surface area contributed by atoms with Crippen LogP contribution in [0.2, 0.25) is 0 Å². The molecule has 1 aromatic carbocycles. The molecule has 0 heterocycles.